The third-order valence-corrected chi connectivity index (χ3v) is 3.14. The highest BCUT2D eigenvalue weighted by molar-refractivity contribution is 5.78. The highest BCUT2D eigenvalue weighted by Crippen LogP contribution is 2.12. The van der Waals surface area contributed by atoms with Gasteiger partial charge in [-0.2, -0.15) is 0 Å². The minimum atomic E-state index is 0.149. The zero-order valence-corrected chi connectivity index (χ0v) is 10.7. The van der Waals surface area contributed by atoms with Crippen LogP contribution in [0.3, 0.4) is 0 Å². The standard InChI is InChI=1S/C12H24N2O2/c1-4-10(2)13-8-12(15)14(3)9-11-6-5-7-16-11/h10-11,13H,4-9H2,1-3H3. The van der Waals surface area contributed by atoms with E-state index in [2.05, 4.69) is 19.2 Å². The molecule has 94 valence electrons. The first kappa shape index (κ1) is 13.5. The molecule has 1 rings (SSSR count). The number of ether oxygens (including phenoxy) is 1. The van der Waals surface area contributed by atoms with Gasteiger partial charge in [-0.05, 0) is 26.2 Å². The normalized spacial score (nSPS) is 22.1. The van der Waals surface area contributed by atoms with Crippen molar-refractivity contribution in [3.63, 3.8) is 0 Å². The smallest absolute Gasteiger partial charge is 0.236 e. The number of hydrogen-bond acceptors (Lipinski definition) is 3. The maximum atomic E-state index is 11.8. The molecule has 0 radical (unpaired) electrons. The molecule has 0 aliphatic carbocycles. The summed E-state index contributed by atoms with van der Waals surface area (Å²) >= 11 is 0. The van der Waals surface area contributed by atoms with E-state index in [4.69, 9.17) is 4.74 Å². The summed E-state index contributed by atoms with van der Waals surface area (Å²) in [5.74, 6) is 0.149. The summed E-state index contributed by atoms with van der Waals surface area (Å²) < 4.78 is 5.51. The molecule has 1 N–H and O–H groups in total. The van der Waals surface area contributed by atoms with E-state index in [1.54, 1.807) is 4.90 Å². The molecule has 1 fully saturated rings. The van der Waals surface area contributed by atoms with Gasteiger partial charge in [-0.25, -0.2) is 0 Å². The van der Waals surface area contributed by atoms with Gasteiger partial charge in [0.25, 0.3) is 0 Å². The first-order valence-corrected chi connectivity index (χ1v) is 6.22. The van der Waals surface area contributed by atoms with Crippen molar-refractivity contribution < 1.29 is 9.53 Å². The lowest BCUT2D eigenvalue weighted by Gasteiger charge is -2.22. The van der Waals surface area contributed by atoms with Gasteiger partial charge in [0, 0.05) is 26.2 Å². The maximum Gasteiger partial charge on any atom is 0.236 e. The summed E-state index contributed by atoms with van der Waals surface area (Å²) in [4.78, 5) is 13.5. The number of rotatable bonds is 6. The van der Waals surface area contributed by atoms with Crippen molar-refractivity contribution in [1.29, 1.82) is 0 Å². The van der Waals surface area contributed by atoms with Gasteiger partial charge in [-0.1, -0.05) is 6.92 Å². The molecular weight excluding hydrogens is 204 g/mol. The van der Waals surface area contributed by atoms with Gasteiger partial charge in [-0.15, -0.1) is 0 Å². The van der Waals surface area contributed by atoms with E-state index >= 15 is 0 Å². The van der Waals surface area contributed by atoms with E-state index in [1.807, 2.05) is 7.05 Å². The van der Waals surface area contributed by atoms with E-state index in [-0.39, 0.29) is 12.0 Å². The van der Waals surface area contributed by atoms with Crippen molar-refractivity contribution in [3.05, 3.63) is 0 Å². The Morgan fingerprint density at radius 3 is 2.94 bits per heavy atom. The van der Waals surface area contributed by atoms with Crippen LogP contribution in [0.4, 0.5) is 0 Å². The highest BCUT2D eigenvalue weighted by atomic mass is 16.5. The van der Waals surface area contributed by atoms with Crippen LogP contribution in [-0.4, -0.2) is 49.7 Å². The van der Waals surface area contributed by atoms with Crippen molar-refractivity contribution >= 4 is 5.91 Å². The minimum absolute atomic E-state index is 0.149. The SMILES string of the molecule is CCC(C)NCC(=O)N(C)CC1CCCO1. The van der Waals surface area contributed by atoms with Crippen LogP contribution < -0.4 is 5.32 Å². The van der Waals surface area contributed by atoms with Crippen LogP contribution in [0.25, 0.3) is 0 Å². The Balaban J connectivity index is 2.19. The molecule has 0 aromatic heterocycles. The lowest BCUT2D eigenvalue weighted by molar-refractivity contribution is -0.130. The van der Waals surface area contributed by atoms with E-state index in [0.29, 0.717) is 12.6 Å². The van der Waals surface area contributed by atoms with Crippen molar-refractivity contribution in [2.75, 3.05) is 26.7 Å². The van der Waals surface area contributed by atoms with Gasteiger partial charge in [0.15, 0.2) is 0 Å². The molecule has 4 heteroatoms. The number of likely N-dealkylation sites (N-methyl/N-ethyl adjacent to an activating group) is 1. The molecule has 1 aliphatic rings. The van der Waals surface area contributed by atoms with Crippen molar-refractivity contribution in [2.45, 2.75) is 45.3 Å². The molecule has 0 aromatic carbocycles. The van der Waals surface area contributed by atoms with Crippen LogP contribution >= 0.6 is 0 Å². The molecule has 4 nitrogen and oxygen atoms in total. The van der Waals surface area contributed by atoms with E-state index in [0.717, 1.165) is 32.4 Å². The molecule has 2 atom stereocenters. The average molecular weight is 228 g/mol. The van der Waals surface area contributed by atoms with Gasteiger partial charge < -0.3 is 15.0 Å². The topological polar surface area (TPSA) is 41.6 Å². The predicted molar refractivity (Wildman–Crippen MR) is 64.4 cm³/mol. The van der Waals surface area contributed by atoms with Crippen LogP contribution in [0.15, 0.2) is 0 Å². The lowest BCUT2D eigenvalue weighted by atomic mass is 10.2. The summed E-state index contributed by atoms with van der Waals surface area (Å²) in [6.07, 6.45) is 3.49. The number of nitrogens with zero attached hydrogens (tertiary/aromatic N) is 1. The summed E-state index contributed by atoms with van der Waals surface area (Å²) in [5, 5.41) is 3.21. The Kier molecular flexibility index (Phi) is 5.77. The number of carbonyl (C=O) groups is 1. The molecule has 0 bridgehead atoms. The zero-order valence-electron chi connectivity index (χ0n) is 10.7. The number of amides is 1. The third kappa shape index (κ3) is 4.49. The molecule has 1 amide bonds. The largest absolute Gasteiger partial charge is 0.376 e. The van der Waals surface area contributed by atoms with Crippen LogP contribution in [-0.2, 0) is 9.53 Å². The van der Waals surface area contributed by atoms with Crippen LogP contribution in [0.5, 0.6) is 0 Å². The Morgan fingerprint density at radius 1 is 1.62 bits per heavy atom. The Labute approximate surface area is 98.3 Å². The maximum absolute atomic E-state index is 11.8. The molecule has 0 saturated carbocycles. The lowest BCUT2D eigenvalue weighted by Crippen LogP contribution is -2.41. The number of nitrogens with one attached hydrogen (secondary N) is 1. The molecular formula is C12H24N2O2. The predicted octanol–water partition coefficient (Wildman–Crippen LogP) is 1.01. The van der Waals surface area contributed by atoms with Crippen LogP contribution in [0, 0.1) is 0 Å². The van der Waals surface area contributed by atoms with Crippen LogP contribution in [0.2, 0.25) is 0 Å². The molecule has 2 unspecified atom stereocenters. The fourth-order valence-corrected chi connectivity index (χ4v) is 1.74. The monoisotopic (exact) mass is 228 g/mol. The molecule has 0 aromatic rings. The zero-order chi connectivity index (χ0) is 12.0. The third-order valence-electron chi connectivity index (χ3n) is 3.14. The second kappa shape index (κ2) is 6.86. The fourth-order valence-electron chi connectivity index (χ4n) is 1.74. The molecule has 1 aliphatic heterocycles. The summed E-state index contributed by atoms with van der Waals surface area (Å²) in [7, 11) is 1.85. The first-order chi connectivity index (χ1) is 7.63. The summed E-state index contributed by atoms with van der Waals surface area (Å²) in [6, 6.07) is 0.403. The quantitative estimate of drug-likeness (QED) is 0.738. The highest BCUT2D eigenvalue weighted by Gasteiger charge is 2.19. The Bertz CT molecular complexity index is 215. The molecule has 16 heavy (non-hydrogen) atoms. The van der Waals surface area contributed by atoms with Gasteiger partial charge >= 0.3 is 0 Å². The second-order valence-electron chi connectivity index (χ2n) is 4.60. The van der Waals surface area contributed by atoms with E-state index < -0.39 is 0 Å². The minimum Gasteiger partial charge on any atom is -0.376 e. The van der Waals surface area contributed by atoms with Crippen molar-refractivity contribution in [1.82, 2.24) is 10.2 Å². The summed E-state index contributed by atoms with van der Waals surface area (Å²) in [6.45, 7) is 6.20. The fraction of sp³-hybridized carbons (Fsp3) is 0.917. The first-order valence-electron chi connectivity index (χ1n) is 6.22. The number of hydrogen-bond donors (Lipinski definition) is 1. The summed E-state index contributed by atoms with van der Waals surface area (Å²) in [5.41, 5.74) is 0. The van der Waals surface area contributed by atoms with Gasteiger partial charge in [0.2, 0.25) is 5.91 Å². The van der Waals surface area contributed by atoms with Crippen molar-refractivity contribution in [3.8, 4) is 0 Å². The Hall–Kier alpha value is -0.610. The van der Waals surface area contributed by atoms with Gasteiger partial charge in [0.1, 0.15) is 0 Å². The Morgan fingerprint density at radius 2 is 2.38 bits per heavy atom. The number of carbonyl (C=O) groups excluding carboxylic acids is 1. The van der Waals surface area contributed by atoms with Crippen molar-refractivity contribution in [2.24, 2.45) is 0 Å². The van der Waals surface area contributed by atoms with Crippen LogP contribution in [0.1, 0.15) is 33.1 Å². The molecule has 1 heterocycles. The molecule has 1 saturated heterocycles. The van der Waals surface area contributed by atoms with E-state index in [1.165, 1.54) is 0 Å². The second-order valence-corrected chi connectivity index (χ2v) is 4.60. The van der Waals surface area contributed by atoms with Gasteiger partial charge in [0.05, 0.1) is 12.6 Å². The van der Waals surface area contributed by atoms with E-state index in [9.17, 15) is 4.79 Å². The average Bonchev–Trinajstić information content (AvgIpc) is 2.77. The molecule has 0 spiro atoms. The van der Waals surface area contributed by atoms with Gasteiger partial charge in [-0.3, -0.25) is 4.79 Å².